The molecule has 26 heavy (non-hydrogen) atoms. The van der Waals surface area contributed by atoms with Crippen molar-refractivity contribution in [3.63, 3.8) is 0 Å². The summed E-state index contributed by atoms with van der Waals surface area (Å²) in [4.78, 5) is 27.8. The Labute approximate surface area is 160 Å². The van der Waals surface area contributed by atoms with Gasteiger partial charge < -0.3 is 10.2 Å². The van der Waals surface area contributed by atoms with Gasteiger partial charge in [0.15, 0.2) is 0 Å². The standard InChI is InChI=1S/C21H30N2O2S/c1-14-3-4-26-18(14)13-23(2)20(25)12-22-19(24)11-21-8-15-5-16(9-21)7-17(6-15)10-21/h3-4,15-17H,5-13H2,1-2H3,(H,22,24). The zero-order valence-corrected chi connectivity index (χ0v) is 16.7. The second-order valence-corrected chi connectivity index (χ2v) is 10.1. The molecule has 2 amide bonds. The molecule has 0 atom stereocenters. The summed E-state index contributed by atoms with van der Waals surface area (Å²) in [6, 6.07) is 2.07. The van der Waals surface area contributed by atoms with E-state index in [4.69, 9.17) is 0 Å². The molecule has 1 aromatic heterocycles. The van der Waals surface area contributed by atoms with E-state index < -0.39 is 0 Å². The number of amides is 2. The molecule has 0 saturated heterocycles. The van der Waals surface area contributed by atoms with Crippen LogP contribution in [-0.2, 0) is 16.1 Å². The van der Waals surface area contributed by atoms with Crippen molar-refractivity contribution >= 4 is 23.2 Å². The van der Waals surface area contributed by atoms with Crippen LogP contribution in [0.5, 0.6) is 0 Å². The minimum Gasteiger partial charge on any atom is -0.347 e. The number of carbonyl (C=O) groups is 2. The maximum atomic E-state index is 12.5. The van der Waals surface area contributed by atoms with Gasteiger partial charge in [-0.15, -0.1) is 11.3 Å². The summed E-state index contributed by atoms with van der Waals surface area (Å²) in [5.41, 5.74) is 1.46. The summed E-state index contributed by atoms with van der Waals surface area (Å²) in [5.74, 6) is 2.63. The Balaban J connectivity index is 1.26. The molecule has 5 heteroatoms. The van der Waals surface area contributed by atoms with Gasteiger partial charge in [-0.3, -0.25) is 9.59 Å². The fourth-order valence-electron chi connectivity index (χ4n) is 6.09. The van der Waals surface area contributed by atoms with Crippen molar-refractivity contribution in [1.29, 1.82) is 0 Å². The molecule has 4 nitrogen and oxygen atoms in total. The van der Waals surface area contributed by atoms with Gasteiger partial charge in [-0.1, -0.05) is 0 Å². The number of likely N-dealkylation sites (N-methyl/N-ethyl adjacent to an activating group) is 1. The van der Waals surface area contributed by atoms with E-state index >= 15 is 0 Å². The normalized spacial score (nSPS) is 31.8. The molecule has 0 spiro atoms. The molecule has 4 saturated carbocycles. The van der Waals surface area contributed by atoms with Crippen molar-refractivity contribution in [3.8, 4) is 0 Å². The third-order valence-electron chi connectivity index (χ3n) is 6.91. The molecule has 4 fully saturated rings. The van der Waals surface area contributed by atoms with Crippen molar-refractivity contribution in [2.24, 2.45) is 23.2 Å². The number of carbonyl (C=O) groups excluding carboxylic acids is 2. The van der Waals surface area contributed by atoms with Crippen molar-refractivity contribution in [2.45, 2.75) is 58.4 Å². The van der Waals surface area contributed by atoms with Crippen molar-refractivity contribution in [1.82, 2.24) is 10.2 Å². The lowest BCUT2D eigenvalue weighted by Crippen LogP contribution is -2.48. The Hall–Kier alpha value is -1.36. The minimum absolute atomic E-state index is 0.0170. The summed E-state index contributed by atoms with van der Waals surface area (Å²) in [7, 11) is 1.81. The fourth-order valence-corrected chi connectivity index (χ4v) is 7.05. The topological polar surface area (TPSA) is 49.4 Å². The van der Waals surface area contributed by atoms with Crippen LogP contribution < -0.4 is 5.32 Å². The first-order valence-electron chi connectivity index (χ1n) is 9.96. The molecule has 1 heterocycles. The largest absolute Gasteiger partial charge is 0.347 e. The Morgan fingerprint density at radius 3 is 2.35 bits per heavy atom. The van der Waals surface area contributed by atoms with Crippen LogP contribution >= 0.6 is 11.3 Å². The Morgan fingerprint density at radius 1 is 1.19 bits per heavy atom. The second-order valence-electron chi connectivity index (χ2n) is 9.15. The molecule has 4 aliphatic rings. The lowest BCUT2D eigenvalue weighted by Gasteiger charge is -2.56. The van der Waals surface area contributed by atoms with E-state index in [2.05, 4.69) is 23.7 Å². The van der Waals surface area contributed by atoms with Gasteiger partial charge in [0.25, 0.3) is 0 Å². The predicted molar refractivity (Wildman–Crippen MR) is 104 cm³/mol. The van der Waals surface area contributed by atoms with E-state index in [9.17, 15) is 9.59 Å². The first kappa shape index (κ1) is 18.0. The van der Waals surface area contributed by atoms with Gasteiger partial charge in [0.2, 0.25) is 11.8 Å². The van der Waals surface area contributed by atoms with E-state index in [-0.39, 0.29) is 23.8 Å². The quantitative estimate of drug-likeness (QED) is 0.825. The number of nitrogens with one attached hydrogen (secondary N) is 1. The summed E-state index contributed by atoms with van der Waals surface area (Å²) < 4.78 is 0. The van der Waals surface area contributed by atoms with E-state index in [1.54, 1.807) is 16.2 Å². The number of rotatable bonds is 6. The van der Waals surface area contributed by atoms with Gasteiger partial charge in [-0.2, -0.15) is 0 Å². The highest BCUT2D eigenvalue weighted by Crippen LogP contribution is 2.61. The smallest absolute Gasteiger partial charge is 0.242 e. The van der Waals surface area contributed by atoms with Gasteiger partial charge in [0, 0.05) is 18.3 Å². The lowest BCUT2D eigenvalue weighted by atomic mass is 9.49. The zero-order valence-electron chi connectivity index (χ0n) is 15.9. The van der Waals surface area contributed by atoms with Gasteiger partial charge in [-0.25, -0.2) is 0 Å². The first-order valence-corrected chi connectivity index (χ1v) is 10.8. The second kappa shape index (κ2) is 6.99. The molecule has 0 unspecified atom stereocenters. The predicted octanol–water partition coefficient (Wildman–Crippen LogP) is 3.74. The molecular weight excluding hydrogens is 344 g/mol. The average molecular weight is 375 g/mol. The van der Waals surface area contributed by atoms with E-state index in [1.165, 1.54) is 49.0 Å². The number of hydrogen-bond acceptors (Lipinski definition) is 3. The SMILES string of the molecule is Cc1ccsc1CN(C)C(=O)CNC(=O)CC12CC3CC(CC(C3)C1)C2. The first-order chi connectivity index (χ1) is 12.4. The molecule has 4 bridgehead atoms. The van der Waals surface area contributed by atoms with Gasteiger partial charge in [0.05, 0.1) is 13.1 Å². The van der Waals surface area contributed by atoms with Crippen LogP contribution in [0.15, 0.2) is 11.4 Å². The molecule has 1 aromatic rings. The third kappa shape index (κ3) is 3.68. The monoisotopic (exact) mass is 374 g/mol. The van der Waals surface area contributed by atoms with Crippen molar-refractivity contribution < 1.29 is 9.59 Å². The third-order valence-corrected chi connectivity index (χ3v) is 7.92. The molecule has 0 aromatic carbocycles. The summed E-state index contributed by atoms with van der Waals surface area (Å²) >= 11 is 1.68. The average Bonchev–Trinajstić information content (AvgIpc) is 2.95. The van der Waals surface area contributed by atoms with Crippen LogP contribution in [0.25, 0.3) is 0 Å². The highest BCUT2D eigenvalue weighted by atomic mass is 32.1. The van der Waals surface area contributed by atoms with E-state index in [0.717, 1.165) is 17.8 Å². The van der Waals surface area contributed by atoms with Gasteiger partial charge in [0.1, 0.15) is 0 Å². The lowest BCUT2D eigenvalue weighted by molar-refractivity contribution is -0.135. The molecule has 5 rings (SSSR count). The highest BCUT2D eigenvalue weighted by Gasteiger charge is 2.51. The Kier molecular flexibility index (Phi) is 4.84. The molecule has 142 valence electrons. The van der Waals surface area contributed by atoms with Gasteiger partial charge in [-0.05, 0) is 85.6 Å². The highest BCUT2D eigenvalue weighted by molar-refractivity contribution is 7.10. The van der Waals surface area contributed by atoms with Crippen LogP contribution in [0.4, 0.5) is 0 Å². The fraction of sp³-hybridized carbons (Fsp3) is 0.714. The molecule has 1 N–H and O–H groups in total. The number of nitrogens with zero attached hydrogens (tertiary/aromatic N) is 1. The Bertz CT molecular complexity index is 661. The summed E-state index contributed by atoms with van der Waals surface area (Å²) in [6.45, 7) is 2.80. The van der Waals surface area contributed by atoms with Crippen molar-refractivity contribution in [3.05, 3.63) is 21.9 Å². The van der Waals surface area contributed by atoms with Gasteiger partial charge >= 0.3 is 0 Å². The maximum absolute atomic E-state index is 12.5. The van der Waals surface area contributed by atoms with Crippen LogP contribution in [0.1, 0.15) is 55.4 Å². The van der Waals surface area contributed by atoms with Crippen LogP contribution in [0.2, 0.25) is 0 Å². The number of hydrogen-bond donors (Lipinski definition) is 1. The minimum atomic E-state index is -0.0170. The number of thiophene rings is 1. The van der Waals surface area contributed by atoms with Crippen LogP contribution in [0, 0.1) is 30.1 Å². The maximum Gasteiger partial charge on any atom is 0.242 e. The molecule has 4 aliphatic carbocycles. The number of aryl methyl sites for hydroxylation is 1. The molecular formula is C21H30N2O2S. The Morgan fingerprint density at radius 2 is 1.81 bits per heavy atom. The van der Waals surface area contributed by atoms with E-state index in [1.807, 2.05) is 7.05 Å². The van der Waals surface area contributed by atoms with Crippen LogP contribution in [-0.4, -0.2) is 30.3 Å². The summed E-state index contributed by atoms with van der Waals surface area (Å²) in [6.07, 6.45) is 8.51. The van der Waals surface area contributed by atoms with Crippen molar-refractivity contribution in [2.75, 3.05) is 13.6 Å². The molecule has 0 aliphatic heterocycles. The zero-order chi connectivity index (χ0) is 18.3. The summed E-state index contributed by atoms with van der Waals surface area (Å²) in [5, 5.41) is 4.96. The molecule has 0 radical (unpaired) electrons. The van der Waals surface area contributed by atoms with Crippen LogP contribution in [0.3, 0.4) is 0 Å². The van der Waals surface area contributed by atoms with E-state index in [0.29, 0.717) is 13.0 Å².